The van der Waals surface area contributed by atoms with Gasteiger partial charge in [0.2, 0.25) is 0 Å². The summed E-state index contributed by atoms with van der Waals surface area (Å²) in [5, 5.41) is 12.4. The Morgan fingerprint density at radius 3 is 2.50 bits per heavy atom. The van der Waals surface area contributed by atoms with E-state index in [1.807, 2.05) is 32.0 Å². The second kappa shape index (κ2) is 5.97. The van der Waals surface area contributed by atoms with Gasteiger partial charge in [-0.25, -0.2) is 0 Å². The highest BCUT2D eigenvalue weighted by Gasteiger charge is 2.18. The van der Waals surface area contributed by atoms with E-state index in [2.05, 4.69) is 17.4 Å². The van der Waals surface area contributed by atoms with Gasteiger partial charge in [-0.2, -0.15) is 0 Å². The van der Waals surface area contributed by atoms with Crippen LogP contribution in [0.1, 0.15) is 25.8 Å². The maximum absolute atomic E-state index is 9.14. The Balaban J connectivity index is 2.36. The lowest BCUT2D eigenvalue weighted by atomic mass is 9.90. The van der Waals surface area contributed by atoms with E-state index in [0.717, 1.165) is 11.5 Å². The number of nitrogens with one attached hydrogen (secondary N) is 1. The molecule has 0 heterocycles. The van der Waals surface area contributed by atoms with Crippen LogP contribution in [-0.4, -0.2) is 16.7 Å². The largest absolute Gasteiger partial charge is 0.396 e. The number of hydrogen-bond acceptors (Lipinski definition) is 2. The van der Waals surface area contributed by atoms with Crippen LogP contribution in [0, 0.1) is 5.41 Å². The quantitative estimate of drug-likeness (QED) is 0.772. The van der Waals surface area contributed by atoms with E-state index in [1.165, 1.54) is 5.56 Å². The molecule has 1 aromatic carbocycles. The van der Waals surface area contributed by atoms with Gasteiger partial charge in [0.1, 0.15) is 0 Å². The van der Waals surface area contributed by atoms with Gasteiger partial charge in [0.05, 0.1) is 4.99 Å². The van der Waals surface area contributed by atoms with Crippen LogP contribution in [0.25, 0.3) is 0 Å². The SMILES string of the molecule is CC(C)(CO)CC(=S)NCc1ccccc1. The van der Waals surface area contributed by atoms with Crippen LogP contribution in [0.2, 0.25) is 0 Å². The van der Waals surface area contributed by atoms with Crippen LogP contribution in [0.3, 0.4) is 0 Å². The number of thiocarbonyl (C=S) groups is 1. The molecule has 0 unspecified atom stereocenters. The summed E-state index contributed by atoms with van der Waals surface area (Å²) in [4.78, 5) is 0.808. The zero-order valence-electron chi connectivity index (χ0n) is 9.86. The molecule has 3 heteroatoms. The summed E-state index contributed by atoms with van der Waals surface area (Å²) in [6, 6.07) is 10.1. The van der Waals surface area contributed by atoms with Gasteiger partial charge in [-0.3, -0.25) is 0 Å². The third-order valence-electron chi connectivity index (χ3n) is 2.40. The Morgan fingerprint density at radius 1 is 1.31 bits per heavy atom. The van der Waals surface area contributed by atoms with Crippen molar-refractivity contribution < 1.29 is 5.11 Å². The number of rotatable bonds is 5. The van der Waals surface area contributed by atoms with E-state index in [-0.39, 0.29) is 12.0 Å². The predicted molar refractivity (Wildman–Crippen MR) is 71.4 cm³/mol. The molecule has 16 heavy (non-hydrogen) atoms. The van der Waals surface area contributed by atoms with Crippen molar-refractivity contribution in [2.45, 2.75) is 26.8 Å². The fourth-order valence-electron chi connectivity index (χ4n) is 1.35. The maximum Gasteiger partial charge on any atom is 0.0762 e. The average Bonchev–Trinajstić information content (AvgIpc) is 2.27. The van der Waals surface area contributed by atoms with Crippen molar-refractivity contribution >= 4 is 17.2 Å². The van der Waals surface area contributed by atoms with Gasteiger partial charge >= 0.3 is 0 Å². The van der Waals surface area contributed by atoms with Crippen molar-refractivity contribution in [2.75, 3.05) is 6.61 Å². The van der Waals surface area contributed by atoms with Crippen LogP contribution in [0.4, 0.5) is 0 Å². The van der Waals surface area contributed by atoms with Crippen LogP contribution in [0.15, 0.2) is 30.3 Å². The van der Waals surface area contributed by atoms with E-state index in [1.54, 1.807) is 0 Å². The first-order chi connectivity index (χ1) is 7.53. The van der Waals surface area contributed by atoms with Crippen molar-refractivity contribution in [3.05, 3.63) is 35.9 Å². The monoisotopic (exact) mass is 237 g/mol. The second-order valence-electron chi connectivity index (χ2n) is 4.76. The fraction of sp³-hybridized carbons (Fsp3) is 0.462. The number of hydrogen-bond donors (Lipinski definition) is 2. The second-order valence-corrected chi connectivity index (χ2v) is 5.25. The third kappa shape index (κ3) is 4.73. The highest BCUT2D eigenvalue weighted by Crippen LogP contribution is 2.19. The summed E-state index contributed by atoms with van der Waals surface area (Å²) in [6.45, 7) is 4.91. The Bertz CT molecular complexity index is 335. The zero-order chi connectivity index (χ0) is 12.0. The molecule has 2 nitrogen and oxygen atoms in total. The summed E-state index contributed by atoms with van der Waals surface area (Å²) >= 11 is 5.25. The van der Waals surface area contributed by atoms with E-state index in [0.29, 0.717) is 6.42 Å². The summed E-state index contributed by atoms with van der Waals surface area (Å²) in [7, 11) is 0. The standard InChI is InChI=1S/C13H19NOS/c1-13(2,10-15)8-12(16)14-9-11-6-4-3-5-7-11/h3-7,15H,8-10H2,1-2H3,(H,14,16). The van der Waals surface area contributed by atoms with Crippen molar-refractivity contribution in [3.8, 4) is 0 Å². The molecule has 2 N–H and O–H groups in total. The van der Waals surface area contributed by atoms with Gasteiger partial charge in [-0.15, -0.1) is 0 Å². The Hall–Kier alpha value is -0.930. The van der Waals surface area contributed by atoms with E-state index < -0.39 is 0 Å². The Labute approximate surface area is 103 Å². The van der Waals surface area contributed by atoms with Gasteiger partial charge in [-0.05, 0) is 11.0 Å². The molecule has 0 spiro atoms. The molecular formula is C13H19NOS. The highest BCUT2D eigenvalue weighted by molar-refractivity contribution is 7.80. The number of benzene rings is 1. The first-order valence-electron chi connectivity index (χ1n) is 5.45. The van der Waals surface area contributed by atoms with Crippen LogP contribution in [0.5, 0.6) is 0 Å². The summed E-state index contributed by atoms with van der Waals surface area (Å²) in [6.07, 6.45) is 0.714. The molecule has 0 aliphatic rings. The lowest BCUT2D eigenvalue weighted by molar-refractivity contribution is 0.166. The van der Waals surface area contributed by atoms with Crippen LogP contribution in [-0.2, 0) is 6.54 Å². The van der Waals surface area contributed by atoms with Crippen molar-refractivity contribution in [1.82, 2.24) is 5.32 Å². The summed E-state index contributed by atoms with van der Waals surface area (Å²) < 4.78 is 0. The molecule has 1 rings (SSSR count). The highest BCUT2D eigenvalue weighted by atomic mass is 32.1. The van der Waals surface area contributed by atoms with Gasteiger partial charge in [-0.1, -0.05) is 56.4 Å². The zero-order valence-corrected chi connectivity index (χ0v) is 10.7. The lowest BCUT2D eigenvalue weighted by Gasteiger charge is -2.22. The number of aliphatic hydroxyl groups is 1. The van der Waals surface area contributed by atoms with E-state index in [4.69, 9.17) is 17.3 Å². The average molecular weight is 237 g/mol. The predicted octanol–water partition coefficient (Wildman–Crippen LogP) is 2.51. The van der Waals surface area contributed by atoms with Gasteiger partial charge in [0.25, 0.3) is 0 Å². The Kier molecular flexibility index (Phi) is 4.90. The van der Waals surface area contributed by atoms with Crippen molar-refractivity contribution in [1.29, 1.82) is 0 Å². The van der Waals surface area contributed by atoms with E-state index in [9.17, 15) is 0 Å². The minimum Gasteiger partial charge on any atom is -0.396 e. The Morgan fingerprint density at radius 2 is 1.94 bits per heavy atom. The molecule has 0 saturated heterocycles. The molecule has 0 amide bonds. The lowest BCUT2D eigenvalue weighted by Crippen LogP contribution is -2.28. The van der Waals surface area contributed by atoms with Gasteiger partial charge in [0, 0.05) is 19.6 Å². The molecule has 0 aliphatic carbocycles. The van der Waals surface area contributed by atoms with Crippen molar-refractivity contribution in [3.63, 3.8) is 0 Å². The molecule has 0 bridgehead atoms. The normalized spacial score (nSPS) is 11.2. The minimum absolute atomic E-state index is 0.138. The molecule has 88 valence electrons. The van der Waals surface area contributed by atoms with Crippen molar-refractivity contribution in [2.24, 2.45) is 5.41 Å². The van der Waals surface area contributed by atoms with Crippen LogP contribution >= 0.6 is 12.2 Å². The topological polar surface area (TPSA) is 32.3 Å². The fourth-order valence-corrected chi connectivity index (χ4v) is 1.81. The minimum atomic E-state index is -0.138. The molecular weight excluding hydrogens is 218 g/mol. The van der Waals surface area contributed by atoms with Gasteiger partial charge < -0.3 is 10.4 Å². The summed E-state index contributed by atoms with van der Waals surface area (Å²) in [5.74, 6) is 0. The van der Waals surface area contributed by atoms with E-state index >= 15 is 0 Å². The molecule has 0 radical (unpaired) electrons. The molecule has 0 aliphatic heterocycles. The third-order valence-corrected chi connectivity index (χ3v) is 2.69. The molecule has 0 saturated carbocycles. The summed E-state index contributed by atoms with van der Waals surface area (Å²) in [5.41, 5.74) is 1.08. The molecule has 0 aromatic heterocycles. The molecule has 0 atom stereocenters. The van der Waals surface area contributed by atoms with Crippen LogP contribution < -0.4 is 5.32 Å². The number of aliphatic hydroxyl groups excluding tert-OH is 1. The van der Waals surface area contributed by atoms with Gasteiger partial charge in [0.15, 0.2) is 0 Å². The smallest absolute Gasteiger partial charge is 0.0762 e. The maximum atomic E-state index is 9.14. The molecule has 1 aromatic rings. The first kappa shape index (κ1) is 13.1. The first-order valence-corrected chi connectivity index (χ1v) is 5.86. The molecule has 0 fully saturated rings.